The Bertz CT molecular complexity index is 709. The van der Waals surface area contributed by atoms with Crippen LogP contribution in [-0.2, 0) is 9.53 Å². The number of ether oxygens (including phenoxy) is 1. The van der Waals surface area contributed by atoms with Crippen LogP contribution < -0.4 is 10.6 Å². The fraction of sp³-hybridized carbons (Fsp3) is 0.188. The van der Waals surface area contributed by atoms with Crippen LogP contribution in [0.1, 0.15) is 20.9 Å². The zero-order valence-electron chi connectivity index (χ0n) is 12.8. The topological polar surface area (TPSA) is 118 Å². The normalized spacial score (nSPS) is 11.4. The molecule has 0 radical (unpaired) electrons. The van der Waals surface area contributed by atoms with Gasteiger partial charge in [-0.2, -0.15) is 0 Å². The van der Waals surface area contributed by atoms with Crippen molar-refractivity contribution in [1.82, 2.24) is 5.32 Å². The van der Waals surface area contributed by atoms with E-state index in [1.54, 1.807) is 6.07 Å². The van der Waals surface area contributed by atoms with Gasteiger partial charge in [-0.15, -0.1) is 0 Å². The summed E-state index contributed by atoms with van der Waals surface area (Å²) in [5.74, 6) is -1.54. The Morgan fingerprint density at radius 1 is 1.17 bits per heavy atom. The van der Waals surface area contributed by atoms with Crippen molar-refractivity contribution >= 4 is 23.5 Å². The third-order valence-electron chi connectivity index (χ3n) is 3.12. The van der Waals surface area contributed by atoms with Crippen molar-refractivity contribution in [2.45, 2.75) is 6.04 Å². The average molecular weight is 332 g/mol. The number of furan rings is 1. The Kier molecular flexibility index (Phi) is 5.69. The summed E-state index contributed by atoms with van der Waals surface area (Å²) >= 11 is 0. The van der Waals surface area contributed by atoms with Gasteiger partial charge in [0.05, 0.1) is 20.0 Å². The van der Waals surface area contributed by atoms with Gasteiger partial charge in [0.15, 0.2) is 11.8 Å². The van der Waals surface area contributed by atoms with Gasteiger partial charge in [-0.05, 0) is 36.4 Å². The van der Waals surface area contributed by atoms with Gasteiger partial charge in [-0.25, -0.2) is 4.79 Å². The van der Waals surface area contributed by atoms with Crippen LogP contribution in [0.4, 0.5) is 5.69 Å². The first kappa shape index (κ1) is 17.2. The van der Waals surface area contributed by atoms with E-state index >= 15 is 0 Å². The maximum atomic E-state index is 12.0. The largest absolute Gasteiger partial charge is 0.467 e. The number of rotatable bonds is 6. The molecule has 0 bridgehead atoms. The molecule has 126 valence electrons. The molecule has 0 aliphatic carbocycles. The van der Waals surface area contributed by atoms with Crippen LogP contribution in [0.5, 0.6) is 0 Å². The molecule has 8 nitrogen and oxygen atoms in total. The Morgan fingerprint density at radius 2 is 1.88 bits per heavy atom. The number of amides is 2. The number of aliphatic hydroxyl groups excluding tert-OH is 1. The highest BCUT2D eigenvalue weighted by Gasteiger charge is 2.21. The molecule has 1 aromatic carbocycles. The molecule has 0 aliphatic heterocycles. The minimum absolute atomic E-state index is 0.167. The molecule has 2 amide bonds. The Labute approximate surface area is 137 Å². The summed E-state index contributed by atoms with van der Waals surface area (Å²) in [5.41, 5.74) is 0.730. The molecule has 2 rings (SSSR count). The first-order chi connectivity index (χ1) is 11.5. The Morgan fingerprint density at radius 3 is 2.42 bits per heavy atom. The number of carbonyl (C=O) groups excluding carboxylic acids is 3. The molecule has 0 spiro atoms. The molecule has 0 fully saturated rings. The van der Waals surface area contributed by atoms with Crippen molar-refractivity contribution in [3.8, 4) is 0 Å². The number of hydrogen-bond donors (Lipinski definition) is 3. The second kappa shape index (κ2) is 7.93. The van der Waals surface area contributed by atoms with Crippen LogP contribution in [0.3, 0.4) is 0 Å². The lowest BCUT2D eigenvalue weighted by Gasteiger charge is -2.14. The van der Waals surface area contributed by atoms with Crippen molar-refractivity contribution in [3.63, 3.8) is 0 Å². The Balaban J connectivity index is 1.99. The van der Waals surface area contributed by atoms with Crippen LogP contribution in [-0.4, -0.2) is 42.6 Å². The zero-order chi connectivity index (χ0) is 17.5. The van der Waals surface area contributed by atoms with E-state index in [9.17, 15) is 14.4 Å². The number of hydrogen-bond acceptors (Lipinski definition) is 6. The van der Waals surface area contributed by atoms with E-state index in [1.165, 1.54) is 36.6 Å². The molecular weight excluding hydrogens is 316 g/mol. The zero-order valence-corrected chi connectivity index (χ0v) is 12.8. The van der Waals surface area contributed by atoms with Crippen molar-refractivity contribution in [1.29, 1.82) is 0 Å². The number of aliphatic hydroxyl groups is 1. The molecule has 1 heterocycles. The lowest BCUT2D eigenvalue weighted by atomic mass is 10.1. The Hall–Kier alpha value is -3.13. The van der Waals surface area contributed by atoms with Crippen molar-refractivity contribution < 1.29 is 28.6 Å². The van der Waals surface area contributed by atoms with Gasteiger partial charge in [-0.1, -0.05) is 0 Å². The second-order valence-corrected chi connectivity index (χ2v) is 4.74. The van der Waals surface area contributed by atoms with Gasteiger partial charge in [0, 0.05) is 11.3 Å². The van der Waals surface area contributed by atoms with E-state index in [0.29, 0.717) is 5.69 Å². The molecule has 0 saturated heterocycles. The molecular formula is C16H16N2O6. The molecule has 1 atom stereocenters. The van der Waals surface area contributed by atoms with E-state index in [-0.39, 0.29) is 11.3 Å². The van der Waals surface area contributed by atoms with Crippen LogP contribution in [0.15, 0.2) is 47.1 Å². The molecule has 0 aliphatic rings. The minimum Gasteiger partial charge on any atom is -0.467 e. The highest BCUT2D eigenvalue weighted by molar-refractivity contribution is 6.02. The maximum Gasteiger partial charge on any atom is 0.330 e. The second-order valence-electron chi connectivity index (χ2n) is 4.74. The monoisotopic (exact) mass is 332 g/mol. The van der Waals surface area contributed by atoms with E-state index in [1.807, 2.05) is 0 Å². The summed E-state index contributed by atoms with van der Waals surface area (Å²) in [6.07, 6.45) is 1.39. The lowest BCUT2D eigenvalue weighted by molar-refractivity contribution is -0.143. The van der Waals surface area contributed by atoms with Crippen molar-refractivity contribution in [3.05, 3.63) is 54.0 Å². The van der Waals surface area contributed by atoms with E-state index in [4.69, 9.17) is 9.52 Å². The molecule has 0 unspecified atom stereocenters. The van der Waals surface area contributed by atoms with Crippen LogP contribution in [0.2, 0.25) is 0 Å². The minimum atomic E-state index is -1.14. The summed E-state index contributed by atoms with van der Waals surface area (Å²) in [4.78, 5) is 35.2. The molecule has 8 heteroatoms. The smallest absolute Gasteiger partial charge is 0.330 e. The highest BCUT2D eigenvalue weighted by Crippen LogP contribution is 2.12. The number of methoxy groups -OCH3 is 1. The first-order valence-electron chi connectivity index (χ1n) is 6.99. The summed E-state index contributed by atoms with van der Waals surface area (Å²) in [5, 5.41) is 14.0. The number of benzene rings is 1. The van der Waals surface area contributed by atoms with Gasteiger partial charge in [0.25, 0.3) is 11.8 Å². The standard InChI is InChI=1S/C16H16N2O6/c1-23-16(22)12(9-19)18-14(20)10-4-6-11(7-5-10)17-15(21)13-3-2-8-24-13/h2-8,12,19H,9H2,1H3,(H,17,21)(H,18,20)/t12-/m1/s1. The third kappa shape index (κ3) is 4.20. The maximum absolute atomic E-state index is 12.0. The average Bonchev–Trinajstić information content (AvgIpc) is 3.14. The molecule has 3 N–H and O–H groups in total. The van der Waals surface area contributed by atoms with Gasteiger partial charge >= 0.3 is 5.97 Å². The number of anilines is 1. The van der Waals surface area contributed by atoms with Gasteiger partial charge in [0.1, 0.15) is 0 Å². The fourth-order valence-electron chi connectivity index (χ4n) is 1.87. The SMILES string of the molecule is COC(=O)[C@@H](CO)NC(=O)c1ccc(NC(=O)c2ccco2)cc1. The van der Waals surface area contributed by atoms with Crippen molar-refractivity contribution in [2.24, 2.45) is 0 Å². The quantitative estimate of drug-likeness (QED) is 0.673. The summed E-state index contributed by atoms with van der Waals surface area (Å²) < 4.78 is 9.44. The lowest BCUT2D eigenvalue weighted by Crippen LogP contribution is -2.44. The molecule has 0 saturated carbocycles. The highest BCUT2D eigenvalue weighted by atomic mass is 16.5. The van der Waals surface area contributed by atoms with E-state index in [2.05, 4.69) is 15.4 Å². The van der Waals surface area contributed by atoms with Crippen LogP contribution in [0.25, 0.3) is 0 Å². The molecule has 24 heavy (non-hydrogen) atoms. The molecule has 1 aromatic heterocycles. The van der Waals surface area contributed by atoms with E-state index < -0.39 is 30.4 Å². The van der Waals surface area contributed by atoms with Gasteiger partial charge in [0.2, 0.25) is 0 Å². The summed E-state index contributed by atoms with van der Waals surface area (Å²) in [6.45, 7) is -0.574. The predicted octanol–water partition coefficient (Wildman–Crippen LogP) is 0.796. The van der Waals surface area contributed by atoms with Crippen LogP contribution in [0, 0.1) is 0 Å². The third-order valence-corrected chi connectivity index (χ3v) is 3.12. The number of esters is 1. The van der Waals surface area contributed by atoms with Crippen LogP contribution >= 0.6 is 0 Å². The van der Waals surface area contributed by atoms with Gasteiger partial charge < -0.3 is 24.9 Å². The summed E-state index contributed by atoms with van der Waals surface area (Å²) in [7, 11) is 1.16. The van der Waals surface area contributed by atoms with E-state index in [0.717, 1.165) is 7.11 Å². The predicted molar refractivity (Wildman–Crippen MR) is 83.5 cm³/mol. The fourth-order valence-corrected chi connectivity index (χ4v) is 1.87. The number of carbonyl (C=O) groups is 3. The van der Waals surface area contributed by atoms with Crippen molar-refractivity contribution in [2.75, 3.05) is 19.0 Å². The van der Waals surface area contributed by atoms with Gasteiger partial charge in [-0.3, -0.25) is 9.59 Å². The summed E-state index contributed by atoms with van der Waals surface area (Å²) in [6, 6.07) is 7.99. The first-order valence-corrected chi connectivity index (χ1v) is 6.99. The number of nitrogens with one attached hydrogen (secondary N) is 2. The molecule has 2 aromatic rings.